The summed E-state index contributed by atoms with van der Waals surface area (Å²) in [6.07, 6.45) is 3.88. The number of hydrogen-bond acceptors (Lipinski definition) is 2. The van der Waals surface area contributed by atoms with Crippen molar-refractivity contribution in [3.05, 3.63) is 89.7 Å². The standard InChI is InChI=1S/C21H21N3O2/c1-23(2)21(26)17-10-8-16(9-11-17)15-22-20(25)18-6-5-7-19(14-18)24-12-3-4-13-24/h3-14H,15H2,1-2H3,(H,22,25). The summed E-state index contributed by atoms with van der Waals surface area (Å²) < 4.78 is 1.96. The molecule has 2 amide bonds. The maximum Gasteiger partial charge on any atom is 0.253 e. The van der Waals surface area contributed by atoms with Crippen LogP contribution < -0.4 is 5.32 Å². The van der Waals surface area contributed by atoms with E-state index in [1.165, 1.54) is 4.90 Å². The van der Waals surface area contributed by atoms with Crippen LogP contribution in [0.3, 0.4) is 0 Å². The molecule has 0 fully saturated rings. The zero-order chi connectivity index (χ0) is 18.5. The third-order valence-electron chi connectivity index (χ3n) is 4.07. The lowest BCUT2D eigenvalue weighted by molar-refractivity contribution is 0.0827. The van der Waals surface area contributed by atoms with Gasteiger partial charge in [0.25, 0.3) is 11.8 Å². The van der Waals surface area contributed by atoms with Crippen LogP contribution in [-0.2, 0) is 6.54 Å². The molecule has 1 aromatic heterocycles. The second-order valence-electron chi connectivity index (χ2n) is 6.22. The molecule has 0 aliphatic heterocycles. The van der Waals surface area contributed by atoms with Crippen LogP contribution in [0.5, 0.6) is 0 Å². The van der Waals surface area contributed by atoms with Crippen LogP contribution in [0, 0.1) is 0 Å². The highest BCUT2D eigenvalue weighted by Gasteiger charge is 2.09. The van der Waals surface area contributed by atoms with E-state index in [4.69, 9.17) is 0 Å². The first kappa shape index (κ1) is 17.5. The zero-order valence-electron chi connectivity index (χ0n) is 14.8. The minimum atomic E-state index is -0.132. The van der Waals surface area contributed by atoms with Gasteiger partial charge >= 0.3 is 0 Å². The Hall–Kier alpha value is -3.34. The van der Waals surface area contributed by atoms with E-state index in [0.717, 1.165) is 11.3 Å². The fourth-order valence-electron chi connectivity index (χ4n) is 2.62. The summed E-state index contributed by atoms with van der Waals surface area (Å²) in [6, 6.07) is 18.6. The molecule has 0 saturated carbocycles. The van der Waals surface area contributed by atoms with Crippen LogP contribution in [0.4, 0.5) is 0 Å². The van der Waals surface area contributed by atoms with Gasteiger partial charge in [0.05, 0.1) is 0 Å². The molecule has 5 nitrogen and oxygen atoms in total. The van der Waals surface area contributed by atoms with Gasteiger partial charge in [-0.1, -0.05) is 18.2 Å². The Labute approximate surface area is 152 Å². The van der Waals surface area contributed by atoms with E-state index < -0.39 is 0 Å². The second kappa shape index (κ2) is 7.70. The summed E-state index contributed by atoms with van der Waals surface area (Å²) >= 11 is 0. The summed E-state index contributed by atoms with van der Waals surface area (Å²) in [5.41, 5.74) is 3.12. The SMILES string of the molecule is CN(C)C(=O)c1ccc(CNC(=O)c2cccc(-n3cccc3)c2)cc1. The van der Waals surface area contributed by atoms with Crippen molar-refractivity contribution in [3.8, 4) is 5.69 Å². The second-order valence-corrected chi connectivity index (χ2v) is 6.22. The largest absolute Gasteiger partial charge is 0.348 e. The highest BCUT2D eigenvalue weighted by Crippen LogP contribution is 2.12. The molecular weight excluding hydrogens is 326 g/mol. The Morgan fingerprint density at radius 2 is 1.62 bits per heavy atom. The van der Waals surface area contributed by atoms with Crippen molar-refractivity contribution in [1.82, 2.24) is 14.8 Å². The summed E-state index contributed by atoms with van der Waals surface area (Å²) in [6.45, 7) is 0.406. The monoisotopic (exact) mass is 347 g/mol. The number of benzene rings is 2. The predicted octanol–water partition coefficient (Wildman–Crippen LogP) is 3.11. The summed E-state index contributed by atoms with van der Waals surface area (Å²) in [7, 11) is 3.44. The zero-order valence-corrected chi connectivity index (χ0v) is 14.8. The minimum Gasteiger partial charge on any atom is -0.348 e. The fraction of sp³-hybridized carbons (Fsp3) is 0.143. The van der Waals surface area contributed by atoms with Crippen molar-refractivity contribution in [1.29, 1.82) is 0 Å². The lowest BCUT2D eigenvalue weighted by Crippen LogP contribution is -2.23. The van der Waals surface area contributed by atoms with Gasteiger partial charge in [-0.2, -0.15) is 0 Å². The van der Waals surface area contributed by atoms with E-state index >= 15 is 0 Å². The summed E-state index contributed by atoms with van der Waals surface area (Å²) in [5.74, 6) is -0.171. The first-order valence-electron chi connectivity index (χ1n) is 8.37. The Kier molecular flexibility index (Phi) is 5.17. The molecule has 2 aromatic carbocycles. The van der Waals surface area contributed by atoms with Gasteiger partial charge in [0.1, 0.15) is 0 Å². The number of nitrogens with one attached hydrogen (secondary N) is 1. The third kappa shape index (κ3) is 4.00. The van der Waals surface area contributed by atoms with Crippen LogP contribution >= 0.6 is 0 Å². The number of rotatable bonds is 5. The van der Waals surface area contributed by atoms with Crippen molar-refractivity contribution in [2.75, 3.05) is 14.1 Å². The molecule has 132 valence electrons. The molecule has 0 bridgehead atoms. The topological polar surface area (TPSA) is 54.3 Å². The number of aromatic nitrogens is 1. The van der Waals surface area contributed by atoms with Crippen molar-refractivity contribution in [2.24, 2.45) is 0 Å². The van der Waals surface area contributed by atoms with E-state index in [9.17, 15) is 9.59 Å². The Morgan fingerprint density at radius 3 is 2.27 bits per heavy atom. The normalized spacial score (nSPS) is 10.4. The molecule has 3 aromatic rings. The van der Waals surface area contributed by atoms with E-state index in [2.05, 4.69) is 5.32 Å². The number of amides is 2. The average molecular weight is 347 g/mol. The fourth-order valence-corrected chi connectivity index (χ4v) is 2.62. The molecule has 0 saturated heterocycles. The number of carbonyl (C=O) groups is 2. The predicted molar refractivity (Wildman–Crippen MR) is 101 cm³/mol. The van der Waals surface area contributed by atoms with Crippen LogP contribution in [-0.4, -0.2) is 35.4 Å². The molecule has 0 spiro atoms. The maximum absolute atomic E-state index is 12.4. The highest BCUT2D eigenvalue weighted by molar-refractivity contribution is 5.95. The summed E-state index contributed by atoms with van der Waals surface area (Å²) in [4.78, 5) is 25.8. The molecule has 1 N–H and O–H groups in total. The summed E-state index contributed by atoms with van der Waals surface area (Å²) in [5, 5.41) is 2.92. The van der Waals surface area contributed by atoms with E-state index in [1.54, 1.807) is 32.3 Å². The lowest BCUT2D eigenvalue weighted by Gasteiger charge is -2.11. The highest BCUT2D eigenvalue weighted by atomic mass is 16.2. The van der Waals surface area contributed by atoms with Gasteiger partial charge in [0.15, 0.2) is 0 Å². The quantitative estimate of drug-likeness (QED) is 0.771. The number of hydrogen-bond donors (Lipinski definition) is 1. The lowest BCUT2D eigenvalue weighted by atomic mass is 10.1. The molecule has 0 aliphatic carbocycles. The van der Waals surface area contributed by atoms with E-state index in [-0.39, 0.29) is 11.8 Å². The Morgan fingerprint density at radius 1 is 0.923 bits per heavy atom. The molecule has 3 rings (SSSR count). The first-order valence-corrected chi connectivity index (χ1v) is 8.37. The number of carbonyl (C=O) groups excluding carboxylic acids is 2. The van der Waals surface area contributed by atoms with Crippen molar-refractivity contribution in [3.63, 3.8) is 0 Å². The van der Waals surface area contributed by atoms with Gasteiger partial charge in [0.2, 0.25) is 0 Å². The maximum atomic E-state index is 12.4. The Bertz CT molecular complexity index is 897. The molecule has 1 heterocycles. The smallest absolute Gasteiger partial charge is 0.253 e. The van der Waals surface area contributed by atoms with Gasteiger partial charge in [-0.05, 0) is 48.0 Å². The minimum absolute atomic E-state index is 0.0394. The molecule has 26 heavy (non-hydrogen) atoms. The molecule has 5 heteroatoms. The van der Waals surface area contributed by atoms with Gasteiger partial charge in [-0.15, -0.1) is 0 Å². The Balaban J connectivity index is 1.64. The van der Waals surface area contributed by atoms with Crippen LogP contribution in [0.15, 0.2) is 73.1 Å². The van der Waals surface area contributed by atoms with Crippen LogP contribution in [0.25, 0.3) is 5.69 Å². The van der Waals surface area contributed by atoms with Crippen LogP contribution in [0.1, 0.15) is 26.3 Å². The van der Waals surface area contributed by atoms with Crippen molar-refractivity contribution in [2.45, 2.75) is 6.54 Å². The van der Waals surface area contributed by atoms with E-state index in [1.807, 2.05) is 59.4 Å². The van der Waals surface area contributed by atoms with E-state index in [0.29, 0.717) is 17.7 Å². The molecule has 0 aliphatic rings. The molecule has 0 atom stereocenters. The molecule has 0 radical (unpaired) electrons. The van der Waals surface area contributed by atoms with Gasteiger partial charge in [0, 0.05) is 49.8 Å². The van der Waals surface area contributed by atoms with Gasteiger partial charge in [-0.25, -0.2) is 0 Å². The number of nitrogens with zero attached hydrogens (tertiary/aromatic N) is 2. The van der Waals surface area contributed by atoms with Crippen molar-refractivity contribution >= 4 is 11.8 Å². The van der Waals surface area contributed by atoms with Crippen molar-refractivity contribution < 1.29 is 9.59 Å². The molecular formula is C21H21N3O2. The first-order chi connectivity index (χ1) is 12.5. The van der Waals surface area contributed by atoms with Gasteiger partial charge in [-0.3, -0.25) is 9.59 Å². The third-order valence-corrected chi connectivity index (χ3v) is 4.07. The molecule has 0 unspecified atom stereocenters. The van der Waals surface area contributed by atoms with Gasteiger partial charge < -0.3 is 14.8 Å². The van der Waals surface area contributed by atoms with Crippen LogP contribution in [0.2, 0.25) is 0 Å². The average Bonchev–Trinajstić information content (AvgIpc) is 3.21.